The van der Waals surface area contributed by atoms with Gasteiger partial charge in [-0.05, 0) is 44.9 Å². The van der Waals surface area contributed by atoms with Crippen LogP contribution >= 0.6 is 0 Å². The first-order valence-electron chi connectivity index (χ1n) is 10.9. The zero-order valence-electron chi connectivity index (χ0n) is 19.4. The molecule has 180 valence electrons. The fourth-order valence-electron chi connectivity index (χ4n) is 2.97. The highest BCUT2D eigenvalue weighted by molar-refractivity contribution is 7.93. The summed E-state index contributed by atoms with van der Waals surface area (Å²) in [5, 5.41) is 0. The number of benzene rings is 2. The number of epoxide rings is 1. The Morgan fingerprint density at radius 2 is 1.82 bits per heavy atom. The first kappa shape index (κ1) is 24.9. The summed E-state index contributed by atoms with van der Waals surface area (Å²) < 4.78 is 49.4. The summed E-state index contributed by atoms with van der Waals surface area (Å²) in [6, 6.07) is 14.2. The quantitative estimate of drug-likeness (QED) is 0.464. The van der Waals surface area contributed by atoms with E-state index >= 15 is 0 Å². The van der Waals surface area contributed by atoms with Gasteiger partial charge in [-0.1, -0.05) is 37.3 Å². The molecule has 3 rings (SSSR count). The van der Waals surface area contributed by atoms with Crippen molar-refractivity contribution in [1.82, 2.24) is 0 Å². The van der Waals surface area contributed by atoms with Gasteiger partial charge >= 0.3 is 6.09 Å². The Morgan fingerprint density at radius 1 is 1.12 bits per heavy atom. The number of hydrogen-bond donors (Lipinski definition) is 0. The lowest BCUT2D eigenvalue weighted by Gasteiger charge is -2.28. The van der Waals surface area contributed by atoms with Crippen molar-refractivity contribution >= 4 is 21.8 Å². The molecule has 2 aromatic rings. The van der Waals surface area contributed by atoms with Gasteiger partial charge in [0.25, 0.3) is 0 Å². The molecule has 0 aliphatic carbocycles. The number of carbonyl (C=O) groups is 1. The number of amides is 1. The van der Waals surface area contributed by atoms with E-state index in [0.717, 1.165) is 5.56 Å². The van der Waals surface area contributed by atoms with Gasteiger partial charge < -0.3 is 18.9 Å². The van der Waals surface area contributed by atoms with Gasteiger partial charge in [0.1, 0.15) is 42.1 Å². The van der Waals surface area contributed by atoms with E-state index in [1.54, 1.807) is 39.8 Å². The average Bonchev–Trinajstić information content (AvgIpc) is 3.55. The van der Waals surface area contributed by atoms with Crippen molar-refractivity contribution in [3.63, 3.8) is 0 Å². The van der Waals surface area contributed by atoms with Crippen molar-refractivity contribution in [2.24, 2.45) is 0 Å². The molecule has 2 aromatic carbocycles. The van der Waals surface area contributed by atoms with E-state index in [2.05, 4.69) is 0 Å². The zero-order valence-corrected chi connectivity index (χ0v) is 20.3. The largest absolute Gasteiger partial charge is 0.491 e. The lowest BCUT2D eigenvalue weighted by Crippen LogP contribution is -2.42. The summed E-state index contributed by atoms with van der Waals surface area (Å²) in [5.41, 5.74) is 0.0530. The maximum Gasteiger partial charge on any atom is 0.429 e. The van der Waals surface area contributed by atoms with Crippen LogP contribution < -0.4 is 13.8 Å². The Balaban J connectivity index is 2.00. The lowest BCUT2D eigenvalue weighted by molar-refractivity contribution is 0.0608. The molecular formula is C24H31NO7S. The summed E-state index contributed by atoms with van der Waals surface area (Å²) in [6.07, 6.45) is -0.645. The van der Waals surface area contributed by atoms with Gasteiger partial charge in [0.15, 0.2) is 0 Å². The molecule has 1 aliphatic heterocycles. The number of sulfonamides is 1. The van der Waals surface area contributed by atoms with Gasteiger partial charge in [0.2, 0.25) is 10.0 Å². The Morgan fingerprint density at radius 3 is 2.42 bits per heavy atom. The van der Waals surface area contributed by atoms with Gasteiger partial charge in [0.05, 0.1) is 12.4 Å². The van der Waals surface area contributed by atoms with Crippen molar-refractivity contribution in [3.8, 4) is 11.5 Å². The van der Waals surface area contributed by atoms with Crippen LogP contribution in [0.2, 0.25) is 0 Å². The molecule has 0 aromatic heterocycles. The van der Waals surface area contributed by atoms with Gasteiger partial charge in [-0.15, -0.1) is 0 Å². The molecule has 0 bridgehead atoms. The predicted octanol–water partition coefficient (Wildman–Crippen LogP) is 4.52. The second-order valence-corrected chi connectivity index (χ2v) is 10.7. The second kappa shape index (κ2) is 10.4. The fraction of sp³-hybridized carbons (Fsp3) is 0.458. The van der Waals surface area contributed by atoms with E-state index in [9.17, 15) is 13.2 Å². The van der Waals surface area contributed by atoms with E-state index in [4.69, 9.17) is 18.9 Å². The molecule has 33 heavy (non-hydrogen) atoms. The van der Waals surface area contributed by atoms with Crippen LogP contribution in [0.5, 0.6) is 11.5 Å². The van der Waals surface area contributed by atoms with Crippen LogP contribution in [-0.2, 0) is 26.1 Å². The number of ether oxygens (including phenoxy) is 4. The highest BCUT2D eigenvalue weighted by Gasteiger charge is 2.35. The number of hydrogen-bond acceptors (Lipinski definition) is 7. The molecule has 1 aliphatic rings. The molecule has 0 saturated carbocycles. The molecular weight excluding hydrogens is 446 g/mol. The summed E-state index contributed by atoms with van der Waals surface area (Å²) >= 11 is 0. The van der Waals surface area contributed by atoms with Crippen LogP contribution in [0.15, 0.2) is 48.5 Å². The topological polar surface area (TPSA) is 94.7 Å². The minimum Gasteiger partial charge on any atom is -0.491 e. The molecule has 1 atom stereocenters. The second-order valence-electron chi connectivity index (χ2n) is 8.73. The maximum absolute atomic E-state index is 13.2. The van der Waals surface area contributed by atoms with E-state index in [1.807, 2.05) is 30.3 Å². The summed E-state index contributed by atoms with van der Waals surface area (Å²) in [4.78, 5) is 13.1. The normalized spacial score (nSPS) is 15.6. The van der Waals surface area contributed by atoms with Crippen LogP contribution in [0.4, 0.5) is 10.5 Å². The van der Waals surface area contributed by atoms with Crippen LogP contribution in [0.3, 0.4) is 0 Å². The van der Waals surface area contributed by atoms with Crippen molar-refractivity contribution in [3.05, 3.63) is 54.1 Å². The smallest absolute Gasteiger partial charge is 0.429 e. The van der Waals surface area contributed by atoms with E-state index in [0.29, 0.717) is 29.7 Å². The van der Waals surface area contributed by atoms with Crippen LogP contribution in [-0.4, -0.2) is 45.2 Å². The van der Waals surface area contributed by atoms with Gasteiger partial charge in [-0.3, -0.25) is 0 Å². The first-order chi connectivity index (χ1) is 15.6. The Bertz CT molecular complexity index is 1040. The van der Waals surface area contributed by atoms with Crippen molar-refractivity contribution < 1.29 is 32.2 Å². The van der Waals surface area contributed by atoms with Crippen molar-refractivity contribution in [1.29, 1.82) is 0 Å². The molecule has 1 unspecified atom stereocenters. The van der Waals surface area contributed by atoms with Crippen LogP contribution in [0, 0.1) is 0 Å². The third kappa shape index (κ3) is 7.36. The highest BCUT2D eigenvalue weighted by atomic mass is 32.2. The van der Waals surface area contributed by atoms with Crippen LogP contribution in [0.25, 0.3) is 0 Å². The molecule has 1 amide bonds. The van der Waals surface area contributed by atoms with E-state index < -0.39 is 21.7 Å². The van der Waals surface area contributed by atoms with Gasteiger partial charge in [-0.25, -0.2) is 13.2 Å². The fourth-order valence-corrected chi connectivity index (χ4v) is 4.38. The Labute approximate surface area is 195 Å². The first-order valence-corrected chi connectivity index (χ1v) is 12.5. The number of carbonyl (C=O) groups excluding carboxylic acids is 1. The Hall–Kier alpha value is -2.78. The van der Waals surface area contributed by atoms with E-state index in [1.165, 1.54) is 6.07 Å². The predicted molar refractivity (Wildman–Crippen MR) is 125 cm³/mol. The lowest BCUT2D eigenvalue weighted by atomic mass is 10.2. The van der Waals surface area contributed by atoms with Crippen molar-refractivity contribution in [2.45, 2.75) is 52.4 Å². The summed E-state index contributed by atoms with van der Waals surface area (Å²) in [6.45, 7) is 7.91. The van der Waals surface area contributed by atoms with Crippen molar-refractivity contribution in [2.75, 3.05) is 23.3 Å². The molecule has 9 heteroatoms. The molecule has 0 spiro atoms. The third-order valence-electron chi connectivity index (χ3n) is 4.52. The molecule has 1 saturated heterocycles. The van der Waals surface area contributed by atoms with Gasteiger partial charge in [0, 0.05) is 6.07 Å². The zero-order chi connectivity index (χ0) is 24.1. The molecule has 0 N–H and O–H groups in total. The number of rotatable bonds is 10. The average molecular weight is 478 g/mol. The third-order valence-corrected chi connectivity index (χ3v) is 6.35. The molecule has 8 nitrogen and oxygen atoms in total. The molecule has 1 heterocycles. The highest BCUT2D eigenvalue weighted by Crippen LogP contribution is 2.36. The van der Waals surface area contributed by atoms with Crippen LogP contribution in [0.1, 0.15) is 39.7 Å². The Kier molecular flexibility index (Phi) is 7.86. The summed E-state index contributed by atoms with van der Waals surface area (Å²) in [5.74, 6) is 0.387. The minimum absolute atomic E-state index is 0.0215. The monoisotopic (exact) mass is 477 g/mol. The number of anilines is 1. The minimum atomic E-state index is -4.04. The standard InChI is InChI=1S/C24H31NO7S/c1-5-13-33(27,28)25(23(26)32-24(2,3)4)21-14-19(29-16-20-17-30-20)11-12-22(21)31-15-18-9-7-6-8-10-18/h6-12,14,20H,5,13,15-17H2,1-4H3. The molecule has 1 fully saturated rings. The number of nitrogens with zero attached hydrogens (tertiary/aromatic N) is 1. The van der Waals surface area contributed by atoms with Gasteiger partial charge in [-0.2, -0.15) is 4.31 Å². The molecule has 0 radical (unpaired) electrons. The maximum atomic E-state index is 13.2. The summed E-state index contributed by atoms with van der Waals surface area (Å²) in [7, 11) is -4.04. The SMILES string of the molecule is CCCS(=O)(=O)N(C(=O)OC(C)(C)C)c1cc(OCC2CO2)ccc1OCc1ccccc1. The van der Waals surface area contributed by atoms with E-state index in [-0.39, 0.29) is 29.9 Å².